The van der Waals surface area contributed by atoms with E-state index in [4.69, 9.17) is 32.7 Å². The number of hydrogen-bond acceptors (Lipinski definition) is 5. The number of carbonyl (C=O) groups excluding carboxylic acids is 2. The van der Waals surface area contributed by atoms with E-state index in [1.807, 2.05) is 31.2 Å². The van der Waals surface area contributed by atoms with Crippen molar-refractivity contribution in [1.82, 2.24) is 0 Å². The normalized spacial score (nSPS) is 10.6. The fourth-order valence-electron chi connectivity index (χ4n) is 2.79. The van der Waals surface area contributed by atoms with Crippen LogP contribution in [0.4, 0.5) is 5.00 Å². The number of rotatable bonds is 6. The van der Waals surface area contributed by atoms with Crippen molar-refractivity contribution in [2.24, 2.45) is 0 Å². The number of carbonyl (C=O) groups is 2. The second-order valence-corrected chi connectivity index (χ2v) is 9.13. The van der Waals surface area contributed by atoms with Gasteiger partial charge in [-0.2, -0.15) is 0 Å². The highest BCUT2D eigenvalue weighted by Crippen LogP contribution is 2.40. The zero-order valence-electron chi connectivity index (χ0n) is 15.9. The third-order valence-corrected chi connectivity index (χ3v) is 6.19. The molecule has 0 atom stereocenters. The van der Waals surface area contributed by atoms with Gasteiger partial charge in [0.15, 0.2) is 6.61 Å². The van der Waals surface area contributed by atoms with Crippen molar-refractivity contribution in [3.05, 3.63) is 67.4 Å². The van der Waals surface area contributed by atoms with Crippen LogP contribution in [-0.2, 0) is 9.53 Å². The summed E-state index contributed by atoms with van der Waals surface area (Å²) in [6.45, 7) is 1.60. The summed E-state index contributed by atoms with van der Waals surface area (Å²) in [5, 5.41) is 3.91. The molecule has 30 heavy (non-hydrogen) atoms. The average Bonchev–Trinajstić information content (AvgIpc) is 3.03. The van der Waals surface area contributed by atoms with Gasteiger partial charge in [0.2, 0.25) is 0 Å². The first-order valence-electron chi connectivity index (χ1n) is 8.65. The van der Waals surface area contributed by atoms with Gasteiger partial charge in [0.05, 0.1) is 12.1 Å². The third-order valence-electron chi connectivity index (χ3n) is 4.11. The van der Waals surface area contributed by atoms with E-state index in [1.54, 1.807) is 12.1 Å². The number of aryl methyl sites for hydroxylation is 1. The SMILES string of the molecule is COC(=O)c1c(NC(=O)COc2ccc(Cl)cc2Cl)sc(C)c1-c1ccc(Br)cc1. The summed E-state index contributed by atoms with van der Waals surface area (Å²) in [7, 11) is 1.30. The molecular weight excluding hydrogens is 513 g/mol. The minimum absolute atomic E-state index is 0.285. The number of halogens is 3. The van der Waals surface area contributed by atoms with Crippen LogP contribution in [0.5, 0.6) is 5.75 Å². The largest absolute Gasteiger partial charge is 0.482 e. The fourth-order valence-corrected chi connectivity index (χ4v) is 4.60. The standard InChI is InChI=1S/C21H16BrCl2NO4S/c1-11-18(12-3-5-13(22)6-4-12)19(21(27)28-2)20(30-11)25-17(26)10-29-16-8-7-14(23)9-15(16)24/h3-9H,10H2,1-2H3,(H,25,26). The van der Waals surface area contributed by atoms with E-state index in [0.29, 0.717) is 26.4 Å². The number of amides is 1. The lowest BCUT2D eigenvalue weighted by atomic mass is 10.0. The van der Waals surface area contributed by atoms with Crippen LogP contribution < -0.4 is 10.1 Å². The third kappa shape index (κ3) is 5.16. The molecule has 9 heteroatoms. The molecule has 1 amide bonds. The van der Waals surface area contributed by atoms with Gasteiger partial charge in [-0.15, -0.1) is 11.3 Å². The fraction of sp³-hybridized carbons (Fsp3) is 0.143. The molecule has 3 rings (SSSR count). The Labute approximate surface area is 196 Å². The maximum Gasteiger partial charge on any atom is 0.341 e. The Balaban J connectivity index is 1.84. The monoisotopic (exact) mass is 527 g/mol. The summed E-state index contributed by atoms with van der Waals surface area (Å²) in [6.07, 6.45) is 0. The van der Waals surface area contributed by atoms with Gasteiger partial charge in [0, 0.05) is 19.9 Å². The van der Waals surface area contributed by atoms with Gasteiger partial charge in [-0.1, -0.05) is 51.3 Å². The number of anilines is 1. The van der Waals surface area contributed by atoms with Gasteiger partial charge in [0.25, 0.3) is 5.91 Å². The van der Waals surface area contributed by atoms with Gasteiger partial charge >= 0.3 is 5.97 Å². The van der Waals surface area contributed by atoms with E-state index in [-0.39, 0.29) is 6.61 Å². The predicted molar refractivity (Wildman–Crippen MR) is 124 cm³/mol. The quantitative estimate of drug-likeness (QED) is 0.366. The molecule has 0 saturated carbocycles. The van der Waals surface area contributed by atoms with Crippen LogP contribution in [0.3, 0.4) is 0 Å². The maximum absolute atomic E-state index is 12.5. The number of esters is 1. The minimum Gasteiger partial charge on any atom is -0.482 e. The molecule has 2 aromatic carbocycles. The van der Waals surface area contributed by atoms with Crippen LogP contribution in [0.15, 0.2) is 46.9 Å². The Morgan fingerprint density at radius 1 is 1.13 bits per heavy atom. The highest BCUT2D eigenvalue weighted by atomic mass is 79.9. The lowest BCUT2D eigenvalue weighted by Gasteiger charge is -2.10. The zero-order chi connectivity index (χ0) is 21.8. The molecule has 0 spiro atoms. The number of thiophene rings is 1. The van der Waals surface area contributed by atoms with Crippen LogP contribution in [0.25, 0.3) is 11.1 Å². The van der Waals surface area contributed by atoms with E-state index in [2.05, 4.69) is 21.2 Å². The summed E-state index contributed by atoms with van der Waals surface area (Å²) >= 11 is 16.6. The van der Waals surface area contributed by atoms with Crippen LogP contribution in [-0.4, -0.2) is 25.6 Å². The number of ether oxygens (including phenoxy) is 2. The average molecular weight is 529 g/mol. The molecule has 0 aliphatic carbocycles. The molecule has 1 aromatic heterocycles. The number of hydrogen-bond donors (Lipinski definition) is 1. The molecule has 0 unspecified atom stereocenters. The number of methoxy groups -OCH3 is 1. The minimum atomic E-state index is -0.533. The van der Waals surface area contributed by atoms with E-state index >= 15 is 0 Å². The van der Waals surface area contributed by atoms with Crippen LogP contribution in [0, 0.1) is 6.92 Å². The molecule has 5 nitrogen and oxygen atoms in total. The Morgan fingerprint density at radius 3 is 2.47 bits per heavy atom. The molecule has 156 valence electrons. The lowest BCUT2D eigenvalue weighted by molar-refractivity contribution is -0.118. The van der Waals surface area contributed by atoms with E-state index < -0.39 is 11.9 Å². The molecule has 0 fully saturated rings. The van der Waals surface area contributed by atoms with Gasteiger partial charge in [-0.05, 0) is 42.8 Å². The zero-order valence-corrected chi connectivity index (χ0v) is 19.8. The Hall–Kier alpha value is -2.06. The first-order chi connectivity index (χ1) is 14.3. The molecule has 0 aliphatic rings. The van der Waals surface area contributed by atoms with E-state index in [9.17, 15) is 9.59 Å². The maximum atomic E-state index is 12.5. The number of benzene rings is 2. The summed E-state index contributed by atoms with van der Waals surface area (Å²) in [5.74, 6) is -0.633. The summed E-state index contributed by atoms with van der Waals surface area (Å²) in [6, 6.07) is 12.3. The first kappa shape index (κ1) is 22.6. The van der Waals surface area contributed by atoms with Crippen molar-refractivity contribution in [1.29, 1.82) is 0 Å². The summed E-state index contributed by atoms with van der Waals surface area (Å²) in [4.78, 5) is 25.9. The highest BCUT2D eigenvalue weighted by Gasteiger charge is 2.25. The van der Waals surface area contributed by atoms with Crippen molar-refractivity contribution in [3.63, 3.8) is 0 Å². The smallest absolute Gasteiger partial charge is 0.341 e. The summed E-state index contributed by atoms with van der Waals surface area (Å²) < 4.78 is 11.3. The number of nitrogens with one attached hydrogen (secondary N) is 1. The molecule has 0 radical (unpaired) electrons. The molecule has 0 aliphatic heterocycles. The second-order valence-electron chi connectivity index (χ2n) is 6.15. The van der Waals surface area contributed by atoms with Crippen LogP contribution in [0.1, 0.15) is 15.2 Å². The molecule has 0 saturated heterocycles. The molecule has 3 aromatic rings. The van der Waals surface area contributed by atoms with Crippen molar-refractivity contribution in [3.8, 4) is 16.9 Å². The van der Waals surface area contributed by atoms with E-state index in [0.717, 1.165) is 20.5 Å². The lowest BCUT2D eigenvalue weighted by Crippen LogP contribution is -2.21. The van der Waals surface area contributed by atoms with Crippen molar-refractivity contribution in [2.75, 3.05) is 19.0 Å². The second kappa shape index (κ2) is 9.83. The Bertz CT molecular complexity index is 1100. The van der Waals surface area contributed by atoms with Crippen molar-refractivity contribution >= 4 is 67.3 Å². The van der Waals surface area contributed by atoms with Gasteiger partial charge < -0.3 is 14.8 Å². The van der Waals surface area contributed by atoms with E-state index in [1.165, 1.54) is 24.5 Å². The van der Waals surface area contributed by atoms with Gasteiger partial charge in [-0.3, -0.25) is 4.79 Å². The van der Waals surface area contributed by atoms with Gasteiger partial charge in [-0.25, -0.2) is 4.79 Å². The van der Waals surface area contributed by atoms with Crippen molar-refractivity contribution in [2.45, 2.75) is 6.92 Å². The Morgan fingerprint density at radius 2 is 1.83 bits per heavy atom. The van der Waals surface area contributed by atoms with Crippen LogP contribution >= 0.6 is 50.5 Å². The predicted octanol–water partition coefficient (Wildman–Crippen LogP) is 6.60. The highest BCUT2D eigenvalue weighted by molar-refractivity contribution is 9.10. The molecule has 0 bridgehead atoms. The van der Waals surface area contributed by atoms with Crippen molar-refractivity contribution < 1.29 is 19.1 Å². The first-order valence-corrected chi connectivity index (χ1v) is 11.0. The van der Waals surface area contributed by atoms with Gasteiger partial charge in [0.1, 0.15) is 16.3 Å². The topological polar surface area (TPSA) is 64.6 Å². The molecule has 1 heterocycles. The molecule has 1 N–H and O–H groups in total. The summed E-state index contributed by atoms with van der Waals surface area (Å²) in [5.41, 5.74) is 1.87. The molecular formula is C21H16BrCl2NO4S. The van der Waals surface area contributed by atoms with Crippen LogP contribution in [0.2, 0.25) is 10.0 Å². The Kier molecular flexibility index (Phi) is 7.41.